The predicted octanol–water partition coefficient (Wildman–Crippen LogP) is 4.24. The van der Waals surface area contributed by atoms with Crippen LogP contribution in [-0.4, -0.2) is 26.7 Å². The Bertz CT molecular complexity index is 1150. The number of aromatic nitrogens is 3. The number of halogens is 3. The van der Waals surface area contributed by atoms with Gasteiger partial charge in [-0.3, -0.25) is 14.6 Å². The van der Waals surface area contributed by atoms with Crippen molar-refractivity contribution in [2.75, 3.05) is 0 Å². The van der Waals surface area contributed by atoms with Gasteiger partial charge in [-0.15, -0.1) is 0 Å². The summed E-state index contributed by atoms with van der Waals surface area (Å²) in [5.41, 5.74) is -0.120. The number of nitrogens with one attached hydrogen (secondary N) is 1. The summed E-state index contributed by atoms with van der Waals surface area (Å²) in [5, 5.41) is 7.21. The van der Waals surface area contributed by atoms with Crippen molar-refractivity contribution in [3.63, 3.8) is 0 Å². The quantitative estimate of drug-likeness (QED) is 0.656. The van der Waals surface area contributed by atoms with Gasteiger partial charge in [0.25, 0.3) is 11.5 Å². The Morgan fingerprint density at radius 3 is 2.44 bits per heavy atom. The molecule has 0 bridgehead atoms. The molecular weight excluding hydrogens is 421 g/mol. The molecule has 6 nitrogen and oxygen atoms in total. The van der Waals surface area contributed by atoms with Crippen LogP contribution in [-0.2, 0) is 6.18 Å². The molecule has 1 amide bonds. The Morgan fingerprint density at radius 1 is 1.00 bits per heavy atom. The zero-order valence-electron chi connectivity index (χ0n) is 17.0. The maximum absolute atomic E-state index is 13.2. The third-order valence-corrected chi connectivity index (χ3v) is 5.64. The molecule has 0 saturated heterocycles. The fraction of sp³-hybridized carbons (Fsp3) is 0.304. The van der Waals surface area contributed by atoms with Crippen molar-refractivity contribution in [2.45, 2.75) is 43.9 Å². The van der Waals surface area contributed by atoms with Crippen molar-refractivity contribution in [3.05, 3.63) is 82.4 Å². The van der Waals surface area contributed by atoms with Crippen LogP contribution in [0.1, 0.15) is 47.6 Å². The third kappa shape index (κ3) is 4.71. The Labute approximate surface area is 182 Å². The van der Waals surface area contributed by atoms with Crippen LogP contribution >= 0.6 is 0 Å². The van der Waals surface area contributed by atoms with E-state index in [1.807, 2.05) is 6.07 Å². The van der Waals surface area contributed by atoms with Crippen molar-refractivity contribution in [1.29, 1.82) is 0 Å². The number of benzene rings is 1. The van der Waals surface area contributed by atoms with Crippen LogP contribution in [0.3, 0.4) is 0 Å². The third-order valence-electron chi connectivity index (χ3n) is 5.64. The largest absolute Gasteiger partial charge is 0.417 e. The fourth-order valence-electron chi connectivity index (χ4n) is 4.01. The van der Waals surface area contributed by atoms with Crippen molar-refractivity contribution in [3.8, 4) is 11.3 Å². The molecule has 1 N–H and O–H groups in total. The van der Waals surface area contributed by atoms with E-state index >= 15 is 0 Å². The van der Waals surface area contributed by atoms with Gasteiger partial charge in [0, 0.05) is 30.1 Å². The first-order valence-electron chi connectivity index (χ1n) is 10.3. The summed E-state index contributed by atoms with van der Waals surface area (Å²) in [5.74, 6) is -0.741. The molecule has 0 unspecified atom stereocenters. The van der Waals surface area contributed by atoms with Gasteiger partial charge in [-0.1, -0.05) is 12.1 Å². The van der Waals surface area contributed by atoms with Crippen LogP contribution in [0.5, 0.6) is 0 Å². The lowest BCUT2D eigenvalue weighted by molar-refractivity contribution is -0.137. The predicted molar refractivity (Wildman–Crippen MR) is 112 cm³/mol. The SMILES string of the molecule is O=C(NC1CCC(n2nc(-c3cccnc3)ccc2=O)CC1)c1ccccc1C(F)(F)F. The molecular formula is C23H21F3N4O2. The number of pyridine rings is 1. The molecule has 0 atom stereocenters. The second kappa shape index (κ2) is 8.94. The van der Waals surface area contributed by atoms with Crippen LogP contribution in [0.4, 0.5) is 13.2 Å². The molecule has 4 rings (SSSR count). The first-order chi connectivity index (χ1) is 15.3. The van der Waals surface area contributed by atoms with E-state index in [2.05, 4.69) is 15.4 Å². The van der Waals surface area contributed by atoms with Gasteiger partial charge in [-0.05, 0) is 56.0 Å². The number of nitrogens with zero attached hydrogens (tertiary/aromatic N) is 3. The average Bonchev–Trinajstić information content (AvgIpc) is 2.80. The average molecular weight is 442 g/mol. The Balaban J connectivity index is 1.43. The zero-order valence-corrected chi connectivity index (χ0v) is 17.0. The molecule has 1 aliphatic rings. The number of alkyl halides is 3. The van der Waals surface area contributed by atoms with E-state index in [1.165, 1.54) is 28.9 Å². The Morgan fingerprint density at radius 2 is 1.75 bits per heavy atom. The second-order valence-electron chi connectivity index (χ2n) is 7.77. The number of hydrogen-bond donors (Lipinski definition) is 1. The fourth-order valence-corrected chi connectivity index (χ4v) is 4.01. The summed E-state index contributed by atoms with van der Waals surface area (Å²) in [6, 6.07) is 11.1. The van der Waals surface area contributed by atoms with Gasteiger partial charge in [-0.25, -0.2) is 4.68 Å². The lowest BCUT2D eigenvalue weighted by Gasteiger charge is -2.30. The van der Waals surface area contributed by atoms with Gasteiger partial charge in [0.1, 0.15) is 0 Å². The number of carbonyl (C=O) groups is 1. The molecule has 3 aromatic rings. The van der Waals surface area contributed by atoms with Gasteiger partial charge in [-0.2, -0.15) is 18.3 Å². The molecule has 2 heterocycles. The normalized spacial score (nSPS) is 18.8. The number of carbonyl (C=O) groups excluding carboxylic acids is 1. The number of amides is 1. The van der Waals surface area contributed by atoms with Crippen LogP contribution in [0.25, 0.3) is 11.3 Å². The topological polar surface area (TPSA) is 76.9 Å². The molecule has 1 aliphatic carbocycles. The highest BCUT2D eigenvalue weighted by Crippen LogP contribution is 2.32. The van der Waals surface area contributed by atoms with E-state index in [1.54, 1.807) is 24.5 Å². The van der Waals surface area contributed by atoms with Crippen LogP contribution < -0.4 is 10.9 Å². The molecule has 0 radical (unpaired) electrons. The smallest absolute Gasteiger partial charge is 0.349 e. The van der Waals surface area contributed by atoms with Gasteiger partial charge in [0.05, 0.1) is 22.9 Å². The van der Waals surface area contributed by atoms with Gasteiger partial charge >= 0.3 is 6.18 Å². The van der Waals surface area contributed by atoms with Crippen molar-refractivity contribution in [1.82, 2.24) is 20.1 Å². The van der Waals surface area contributed by atoms with Gasteiger partial charge in [0.15, 0.2) is 0 Å². The van der Waals surface area contributed by atoms with E-state index in [0.29, 0.717) is 31.4 Å². The van der Waals surface area contributed by atoms with E-state index in [4.69, 9.17) is 0 Å². The standard InChI is InChI=1S/C23H21F3N4O2/c24-23(25,26)19-6-2-1-5-18(19)22(32)28-16-7-9-17(10-8-16)30-21(31)12-11-20(29-30)15-4-3-13-27-14-15/h1-6,11-14,16-17H,7-10H2,(H,28,32). The molecule has 9 heteroatoms. The lowest BCUT2D eigenvalue weighted by atomic mass is 9.91. The summed E-state index contributed by atoms with van der Waals surface area (Å²) in [6.07, 6.45) is 0.957. The van der Waals surface area contributed by atoms with Gasteiger partial charge < -0.3 is 5.32 Å². The van der Waals surface area contributed by atoms with Crippen LogP contribution in [0, 0.1) is 0 Å². The van der Waals surface area contributed by atoms with Gasteiger partial charge in [0.2, 0.25) is 0 Å². The minimum absolute atomic E-state index is 0.144. The first-order valence-corrected chi connectivity index (χ1v) is 10.3. The minimum atomic E-state index is -4.60. The molecule has 1 saturated carbocycles. The molecule has 1 aromatic carbocycles. The summed E-state index contributed by atoms with van der Waals surface area (Å²) < 4.78 is 41.0. The van der Waals surface area contributed by atoms with E-state index in [9.17, 15) is 22.8 Å². The highest BCUT2D eigenvalue weighted by molar-refractivity contribution is 5.96. The lowest BCUT2D eigenvalue weighted by Crippen LogP contribution is -2.40. The minimum Gasteiger partial charge on any atom is -0.349 e. The molecule has 0 aliphatic heterocycles. The molecule has 1 fully saturated rings. The summed E-state index contributed by atoms with van der Waals surface area (Å²) in [6.45, 7) is 0. The van der Waals surface area contributed by atoms with Crippen LogP contribution in [0.2, 0.25) is 0 Å². The Kier molecular flexibility index (Phi) is 6.07. The molecule has 166 valence electrons. The van der Waals surface area contributed by atoms with Crippen molar-refractivity contribution in [2.24, 2.45) is 0 Å². The maximum Gasteiger partial charge on any atom is 0.417 e. The Hall–Kier alpha value is -3.49. The van der Waals surface area contributed by atoms with E-state index < -0.39 is 17.6 Å². The highest BCUT2D eigenvalue weighted by Gasteiger charge is 2.35. The maximum atomic E-state index is 13.2. The second-order valence-corrected chi connectivity index (χ2v) is 7.77. The van der Waals surface area contributed by atoms with E-state index in [0.717, 1.165) is 11.6 Å². The molecule has 0 spiro atoms. The molecule has 2 aromatic heterocycles. The summed E-state index contributed by atoms with van der Waals surface area (Å²) in [7, 11) is 0. The van der Waals surface area contributed by atoms with Crippen LogP contribution in [0.15, 0.2) is 65.7 Å². The van der Waals surface area contributed by atoms with Crippen molar-refractivity contribution < 1.29 is 18.0 Å². The summed E-state index contributed by atoms with van der Waals surface area (Å²) in [4.78, 5) is 29.0. The first kappa shape index (κ1) is 21.7. The zero-order chi connectivity index (χ0) is 22.7. The number of rotatable bonds is 4. The van der Waals surface area contributed by atoms with Crippen molar-refractivity contribution >= 4 is 5.91 Å². The monoisotopic (exact) mass is 442 g/mol. The number of hydrogen-bond acceptors (Lipinski definition) is 4. The highest BCUT2D eigenvalue weighted by atomic mass is 19.4. The van der Waals surface area contributed by atoms with E-state index in [-0.39, 0.29) is 23.2 Å². The molecule has 32 heavy (non-hydrogen) atoms. The summed E-state index contributed by atoms with van der Waals surface area (Å²) >= 11 is 0.